The van der Waals surface area contributed by atoms with E-state index in [1.165, 1.54) is 52.0 Å². The third-order valence-corrected chi connectivity index (χ3v) is 4.20. The van der Waals surface area contributed by atoms with Gasteiger partial charge >= 0.3 is 0 Å². The molecule has 0 aromatic rings. The maximum Gasteiger partial charge on any atom is 0.0594 e. The van der Waals surface area contributed by atoms with Crippen molar-refractivity contribution in [3.8, 4) is 0 Å². The minimum atomic E-state index is 0.907. The van der Waals surface area contributed by atoms with Crippen molar-refractivity contribution >= 4 is 0 Å². The van der Waals surface area contributed by atoms with Crippen LogP contribution < -0.4 is 5.32 Å². The van der Waals surface area contributed by atoms with Crippen LogP contribution >= 0.6 is 0 Å². The third kappa shape index (κ3) is 5.22. The highest BCUT2D eigenvalue weighted by atomic mass is 16.5. The van der Waals surface area contributed by atoms with Crippen molar-refractivity contribution in [1.29, 1.82) is 0 Å². The van der Waals surface area contributed by atoms with E-state index in [0.717, 1.165) is 32.2 Å². The summed E-state index contributed by atoms with van der Waals surface area (Å²) in [6.45, 7) is 10.3. The molecule has 2 saturated heterocycles. The van der Waals surface area contributed by atoms with E-state index < -0.39 is 0 Å². The number of piperidine rings is 1. The highest BCUT2D eigenvalue weighted by Crippen LogP contribution is 2.14. The van der Waals surface area contributed by atoms with Crippen LogP contribution in [0.2, 0.25) is 0 Å². The number of nitrogens with one attached hydrogen (secondary N) is 1. The number of hydrogen-bond acceptors (Lipinski definition) is 4. The van der Waals surface area contributed by atoms with Crippen molar-refractivity contribution in [2.75, 3.05) is 66.1 Å². The molecule has 1 N–H and O–H groups in total. The van der Waals surface area contributed by atoms with E-state index in [2.05, 4.69) is 22.2 Å². The summed E-state index contributed by atoms with van der Waals surface area (Å²) in [5, 5.41) is 3.63. The second kappa shape index (κ2) is 8.10. The van der Waals surface area contributed by atoms with Gasteiger partial charge in [0.1, 0.15) is 0 Å². The molecule has 2 aliphatic rings. The van der Waals surface area contributed by atoms with E-state index >= 15 is 0 Å². The predicted molar refractivity (Wildman–Crippen MR) is 75.0 cm³/mol. The molecule has 4 nitrogen and oxygen atoms in total. The molecule has 2 aliphatic heterocycles. The molecule has 2 fully saturated rings. The number of ether oxygens (including phenoxy) is 1. The summed E-state index contributed by atoms with van der Waals surface area (Å²) in [7, 11) is 2.23. The quantitative estimate of drug-likeness (QED) is 0.705. The Hall–Kier alpha value is -0.160. The van der Waals surface area contributed by atoms with Crippen LogP contribution in [0.5, 0.6) is 0 Å². The molecule has 0 radical (unpaired) electrons. The number of likely N-dealkylation sites (tertiary alicyclic amines) is 1. The lowest BCUT2D eigenvalue weighted by Crippen LogP contribution is -2.38. The van der Waals surface area contributed by atoms with Crippen LogP contribution in [-0.2, 0) is 4.74 Å². The number of rotatable bonds is 6. The van der Waals surface area contributed by atoms with Crippen molar-refractivity contribution in [3.63, 3.8) is 0 Å². The highest BCUT2D eigenvalue weighted by Gasteiger charge is 2.15. The molecule has 0 aromatic heterocycles. The zero-order chi connectivity index (χ0) is 12.6. The zero-order valence-electron chi connectivity index (χ0n) is 11.9. The Balaban J connectivity index is 1.43. The van der Waals surface area contributed by atoms with Gasteiger partial charge in [-0.05, 0) is 65.0 Å². The molecule has 0 aliphatic carbocycles. The van der Waals surface area contributed by atoms with Crippen molar-refractivity contribution in [1.82, 2.24) is 15.1 Å². The summed E-state index contributed by atoms with van der Waals surface area (Å²) in [5.74, 6) is 0.907. The molecular weight excluding hydrogens is 226 g/mol. The maximum atomic E-state index is 5.35. The van der Waals surface area contributed by atoms with E-state index in [1.807, 2.05) is 0 Å². The smallest absolute Gasteiger partial charge is 0.0594 e. The normalized spacial score (nSPS) is 24.5. The van der Waals surface area contributed by atoms with E-state index in [9.17, 15) is 0 Å². The fourth-order valence-corrected chi connectivity index (χ4v) is 2.82. The molecule has 0 spiro atoms. The Bertz CT molecular complexity index is 211. The van der Waals surface area contributed by atoms with Crippen molar-refractivity contribution in [2.45, 2.75) is 19.3 Å². The first-order valence-corrected chi connectivity index (χ1v) is 7.54. The van der Waals surface area contributed by atoms with Crippen LogP contribution in [-0.4, -0.2) is 75.9 Å². The van der Waals surface area contributed by atoms with Crippen LogP contribution in [0.3, 0.4) is 0 Å². The first-order chi connectivity index (χ1) is 8.84. The van der Waals surface area contributed by atoms with Crippen LogP contribution in [0.25, 0.3) is 0 Å². The lowest BCUT2D eigenvalue weighted by Gasteiger charge is -2.29. The standard InChI is InChI=1S/C14H29N3O/c1-16-7-3-14(4-8-16)13-15-5-2-6-17-9-11-18-12-10-17/h14-15H,2-13H2,1H3. The summed E-state index contributed by atoms with van der Waals surface area (Å²) >= 11 is 0. The van der Waals surface area contributed by atoms with E-state index in [1.54, 1.807) is 0 Å². The molecule has 0 unspecified atom stereocenters. The van der Waals surface area contributed by atoms with Crippen molar-refractivity contribution in [3.05, 3.63) is 0 Å². The van der Waals surface area contributed by atoms with Crippen molar-refractivity contribution < 1.29 is 4.74 Å². The van der Waals surface area contributed by atoms with Crippen LogP contribution in [0.15, 0.2) is 0 Å². The minimum Gasteiger partial charge on any atom is -0.379 e. The van der Waals surface area contributed by atoms with Crippen LogP contribution in [0.4, 0.5) is 0 Å². The van der Waals surface area contributed by atoms with E-state index in [4.69, 9.17) is 4.74 Å². The SMILES string of the molecule is CN1CCC(CNCCCN2CCOCC2)CC1. The molecular formula is C14H29N3O. The summed E-state index contributed by atoms with van der Waals surface area (Å²) in [4.78, 5) is 4.95. The van der Waals surface area contributed by atoms with Gasteiger partial charge in [-0.15, -0.1) is 0 Å². The molecule has 18 heavy (non-hydrogen) atoms. The molecule has 0 aromatic carbocycles. The number of morpholine rings is 1. The average Bonchev–Trinajstić information content (AvgIpc) is 2.42. The van der Waals surface area contributed by atoms with E-state index in [0.29, 0.717) is 0 Å². The van der Waals surface area contributed by atoms with E-state index in [-0.39, 0.29) is 0 Å². The topological polar surface area (TPSA) is 27.7 Å². The zero-order valence-corrected chi connectivity index (χ0v) is 11.9. The fraction of sp³-hybridized carbons (Fsp3) is 1.00. The Morgan fingerprint density at radius 1 is 1.11 bits per heavy atom. The minimum absolute atomic E-state index is 0.907. The molecule has 0 saturated carbocycles. The van der Waals surface area contributed by atoms with Gasteiger partial charge < -0.3 is 15.0 Å². The largest absolute Gasteiger partial charge is 0.379 e. The molecule has 0 amide bonds. The molecule has 4 heteroatoms. The van der Waals surface area contributed by atoms with Gasteiger partial charge in [0.15, 0.2) is 0 Å². The van der Waals surface area contributed by atoms with Crippen LogP contribution in [0, 0.1) is 5.92 Å². The Morgan fingerprint density at radius 3 is 2.56 bits per heavy atom. The van der Waals surface area contributed by atoms with Crippen LogP contribution in [0.1, 0.15) is 19.3 Å². The maximum absolute atomic E-state index is 5.35. The summed E-state index contributed by atoms with van der Waals surface area (Å²) in [6, 6.07) is 0. The molecule has 0 atom stereocenters. The average molecular weight is 255 g/mol. The van der Waals surface area contributed by atoms with Gasteiger partial charge in [0.25, 0.3) is 0 Å². The molecule has 0 bridgehead atoms. The van der Waals surface area contributed by atoms with Gasteiger partial charge in [0.2, 0.25) is 0 Å². The van der Waals surface area contributed by atoms with Gasteiger partial charge in [-0.3, -0.25) is 4.90 Å². The second-order valence-corrected chi connectivity index (χ2v) is 5.76. The Morgan fingerprint density at radius 2 is 1.83 bits per heavy atom. The molecule has 2 rings (SSSR count). The van der Waals surface area contributed by atoms with Gasteiger partial charge in [0, 0.05) is 13.1 Å². The molecule has 2 heterocycles. The summed E-state index contributed by atoms with van der Waals surface area (Å²) in [5.41, 5.74) is 0. The fourth-order valence-electron chi connectivity index (χ4n) is 2.82. The third-order valence-electron chi connectivity index (χ3n) is 4.20. The monoisotopic (exact) mass is 255 g/mol. The van der Waals surface area contributed by atoms with Crippen molar-refractivity contribution in [2.24, 2.45) is 5.92 Å². The van der Waals surface area contributed by atoms with Gasteiger partial charge in [-0.25, -0.2) is 0 Å². The predicted octanol–water partition coefficient (Wildman–Crippen LogP) is 0.640. The highest BCUT2D eigenvalue weighted by molar-refractivity contribution is 4.72. The molecule has 106 valence electrons. The van der Waals surface area contributed by atoms with Gasteiger partial charge in [-0.2, -0.15) is 0 Å². The lowest BCUT2D eigenvalue weighted by atomic mass is 9.97. The first kappa shape index (κ1) is 14.3. The summed E-state index contributed by atoms with van der Waals surface area (Å²) in [6.07, 6.45) is 4.01. The Labute approximate surface area is 112 Å². The number of hydrogen-bond donors (Lipinski definition) is 1. The van der Waals surface area contributed by atoms with Gasteiger partial charge in [-0.1, -0.05) is 0 Å². The first-order valence-electron chi connectivity index (χ1n) is 7.54. The summed E-state index contributed by atoms with van der Waals surface area (Å²) < 4.78 is 5.35. The lowest BCUT2D eigenvalue weighted by molar-refractivity contribution is 0.0374. The number of nitrogens with zero attached hydrogens (tertiary/aromatic N) is 2. The van der Waals surface area contributed by atoms with Gasteiger partial charge in [0.05, 0.1) is 13.2 Å². The Kier molecular flexibility index (Phi) is 6.41. The second-order valence-electron chi connectivity index (χ2n) is 5.76.